The fourth-order valence-corrected chi connectivity index (χ4v) is 2.77. The highest BCUT2D eigenvalue weighted by molar-refractivity contribution is 6.31. The third-order valence-electron chi connectivity index (χ3n) is 4.18. The summed E-state index contributed by atoms with van der Waals surface area (Å²) in [7, 11) is 2.73. The first-order chi connectivity index (χ1) is 13.4. The highest BCUT2D eigenvalue weighted by atomic mass is 16.5. The Morgan fingerprint density at radius 3 is 2.21 bits per heavy atom. The maximum Gasteiger partial charge on any atom is 0.331 e. The molecule has 1 saturated heterocycles. The van der Waals surface area contributed by atoms with E-state index in [0.29, 0.717) is 5.56 Å². The average molecular weight is 382 g/mol. The van der Waals surface area contributed by atoms with Gasteiger partial charge in [0.2, 0.25) is 5.75 Å². The Morgan fingerprint density at radius 2 is 1.64 bits per heavy atom. The molecule has 144 valence electrons. The summed E-state index contributed by atoms with van der Waals surface area (Å²) in [6.07, 6.45) is 1.31. The Kier molecular flexibility index (Phi) is 5.30. The number of nitrogens with one attached hydrogen (secondary N) is 1. The van der Waals surface area contributed by atoms with Crippen molar-refractivity contribution in [3.05, 3.63) is 59.2 Å². The molecule has 8 heteroatoms. The van der Waals surface area contributed by atoms with E-state index in [9.17, 15) is 19.5 Å². The molecule has 0 spiro atoms. The number of hydrogen-bond donors (Lipinski definition) is 2. The van der Waals surface area contributed by atoms with Gasteiger partial charge in [-0.2, -0.15) is 0 Å². The molecule has 2 aromatic rings. The van der Waals surface area contributed by atoms with Crippen molar-refractivity contribution in [3.63, 3.8) is 0 Å². The van der Waals surface area contributed by atoms with E-state index in [1.54, 1.807) is 24.3 Å². The molecule has 1 fully saturated rings. The highest BCUT2D eigenvalue weighted by Gasteiger charge is 2.35. The molecule has 1 aliphatic rings. The summed E-state index contributed by atoms with van der Waals surface area (Å²) in [5.41, 5.74) is 0.914. The van der Waals surface area contributed by atoms with Gasteiger partial charge in [-0.3, -0.25) is 19.8 Å². The molecule has 1 aliphatic heterocycles. The number of aromatic hydroxyl groups is 1. The molecule has 1 heterocycles. The Labute approximate surface area is 161 Å². The van der Waals surface area contributed by atoms with Crippen LogP contribution >= 0.6 is 0 Å². The number of phenols is 1. The molecule has 0 unspecified atom stereocenters. The number of imide groups is 2. The van der Waals surface area contributed by atoms with Crippen molar-refractivity contribution in [2.75, 3.05) is 14.2 Å². The molecule has 0 aliphatic carbocycles. The summed E-state index contributed by atoms with van der Waals surface area (Å²) in [5, 5.41) is 12.2. The zero-order valence-corrected chi connectivity index (χ0v) is 15.3. The van der Waals surface area contributed by atoms with E-state index in [0.717, 1.165) is 10.5 Å². The zero-order chi connectivity index (χ0) is 20.3. The number of phenolic OH excluding ortho intramolecular Hbond substituents is 1. The fraction of sp³-hybridized carbons (Fsp3) is 0.150. The van der Waals surface area contributed by atoms with Crippen LogP contribution in [-0.2, 0) is 16.1 Å². The van der Waals surface area contributed by atoms with Gasteiger partial charge in [-0.15, -0.1) is 0 Å². The Bertz CT molecular complexity index is 943. The predicted molar refractivity (Wildman–Crippen MR) is 99.7 cm³/mol. The largest absolute Gasteiger partial charge is 0.502 e. The highest BCUT2D eigenvalue weighted by Crippen LogP contribution is 2.37. The number of nitrogens with zero attached hydrogens (tertiary/aromatic N) is 1. The minimum Gasteiger partial charge on any atom is -0.502 e. The summed E-state index contributed by atoms with van der Waals surface area (Å²) in [6, 6.07) is 11.1. The molecule has 3 rings (SSSR count). The van der Waals surface area contributed by atoms with Gasteiger partial charge in [-0.25, -0.2) is 4.79 Å². The summed E-state index contributed by atoms with van der Waals surface area (Å²) in [6.45, 7) is 0.0261. The zero-order valence-electron chi connectivity index (χ0n) is 15.3. The van der Waals surface area contributed by atoms with Gasteiger partial charge >= 0.3 is 6.03 Å². The van der Waals surface area contributed by atoms with Gasteiger partial charge in [0.15, 0.2) is 11.5 Å². The van der Waals surface area contributed by atoms with Crippen molar-refractivity contribution in [1.29, 1.82) is 0 Å². The first kappa shape index (κ1) is 19.0. The maximum atomic E-state index is 12.8. The maximum absolute atomic E-state index is 12.8. The lowest BCUT2D eigenvalue weighted by molar-refractivity contribution is -0.130. The first-order valence-electron chi connectivity index (χ1n) is 8.32. The summed E-state index contributed by atoms with van der Waals surface area (Å²) in [5.74, 6) is -1.49. The molecule has 0 bridgehead atoms. The number of rotatable bonds is 5. The second kappa shape index (κ2) is 7.83. The van der Waals surface area contributed by atoms with E-state index >= 15 is 0 Å². The number of carbonyl (C=O) groups is 3. The van der Waals surface area contributed by atoms with Gasteiger partial charge in [0.25, 0.3) is 11.8 Å². The number of carbonyl (C=O) groups excluding carboxylic acids is 3. The lowest BCUT2D eigenvalue weighted by Gasteiger charge is -2.26. The van der Waals surface area contributed by atoms with Gasteiger partial charge in [0, 0.05) is 0 Å². The van der Waals surface area contributed by atoms with E-state index in [-0.39, 0.29) is 29.4 Å². The quantitative estimate of drug-likeness (QED) is 0.606. The number of benzene rings is 2. The molecule has 2 N–H and O–H groups in total. The second-order valence-electron chi connectivity index (χ2n) is 5.97. The minimum atomic E-state index is -0.801. The smallest absolute Gasteiger partial charge is 0.331 e. The molecule has 2 aromatic carbocycles. The summed E-state index contributed by atoms with van der Waals surface area (Å²) < 4.78 is 10.2. The monoisotopic (exact) mass is 382 g/mol. The standard InChI is InChI=1S/C20H18N2O6/c1-27-15-9-13(10-16(28-2)17(15)23)8-14-18(24)21-20(26)22(19(14)25)11-12-6-4-3-5-7-12/h3-10,23H,11H2,1-2H3,(H,21,24,26). The van der Waals surface area contributed by atoms with Crippen molar-refractivity contribution >= 4 is 23.9 Å². The van der Waals surface area contributed by atoms with Gasteiger partial charge in [-0.1, -0.05) is 30.3 Å². The topological polar surface area (TPSA) is 105 Å². The van der Waals surface area contributed by atoms with Gasteiger partial charge in [-0.05, 0) is 29.3 Å². The van der Waals surface area contributed by atoms with Crippen LogP contribution in [0.2, 0.25) is 0 Å². The molecule has 8 nitrogen and oxygen atoms in total. The minimum absolute atomic E-state index is 0.0261. The van der Waals surface area contributed by atoms with E-state index in [1.807, 2.05) is 6.07 Å². The number of ether oxygens (including phenoxy) is 2. The Morgan fingerprint density at radius 1 is 1.04 bits per heavy atom. The van der Waals surface area contributed by atoms with E-state index < -0.39 is 17.8 Å². The molecular weight excluding hydrogens is 364 g/mol. The van der Waals surface area contributed by atoms with E-state index in [4.69, 9.17) is 9.47 Å². The number of urea groups is 1. The van der Waals surface area contributed by atoms with Crippen LogP contribution in [0.3, 0.4) is 0 Å². The predicted octanol–water partition coefficient (Wildman–Crippen LogP) is 2.07. The number of amides is 4. The van der Waals surface area contributed by atoms with Gasteiger partial charge < -0.3 is 14.6 Å². The van der Waals surface area contributed by atoms with Crippen molar-refractivity contribution < 1.29 is 29.0 Å². The van der Waals surface area contributed by atoms with Crippen LogP contribution in [0, 0.1) is 0 Å². The van der Waals surface area contributed by atoms with Crippen LogP contribution in [0.4, 0.5) is 4.79 Å². The van der Waals surface area contributed by atoms with Crippen molar-refractivity contribution in [3.8, 4) is 17.2 Å². The van der Waals surface area contributed by atoms with Crippen molar-refractivity contribution in [2.45, 2.75) is 6.54 Å². The molecule has 28 heavy (non-hydrogen) atoms. The third kappa shape index (κ3) is 3.66. The Hall–Kier alpha value is -3.81. The van der Waals surface area contributed by atoms with Crippen molar-refractivity contribution in [1.82, 2.24) is 10.2 Å². The van der Waals surface area contributed by atoms with E-state index in [2.05, 4.69) is 5.32 Å². The average Bonchev–Trinajstić information content (AvgIpc) is 2.70. The van der Waals surface area contributed by atoms with Crippen molar-refractivity contribution in [2.24, 2.45) is 0 Å². The van der Waals surface area contributed by atoms with Gasteiger partial charge in [0.1, 0.15) is 5.57 Å². The van der Waals surface area contributed by atoms with E-state index in [1.165, 1.54) is 32.4 Å². The molecular formula is C20H18N2O6. The van der Waals surface area contributed by atoms with Crippen LogP contribution in [0.1, 0.15) is 11.1 Å². The second-order valence-corrected chi connectivity index (χ2v) is 5.97. The van der Waals surface area contributed by atoms with Crippen LogP contribution in [-0.4, -0.2) is 42.1 Å². The molecule has 0 saturated carbocycles. The molecule has 0 atom stereocenters. The lowest BCUT2D eigenvalue weighted by Crippen LogP contribution is -2.53. The Balaban J connectivity index is 1.97. The number of methoxy groups -OCH3 is 2. The van der Waals surface area contributed by atoms with Crippen LogP contribution in [0.5, 0.6) is 17.2 Å². The summed E-state index contributed by atoms with van der Waals surface area (Å²) in [4.78, 5) is 38.1. The SMILES string of the molecule is COc1cc(C=C2C(=O)NC(=O)N(Cc3ccccc3)C2=O)cc(OC)c1O. The number of hydrogen-bond acceptors (Lipinski definition) is 6. The van der Waals surface area contributed by atoms with Gasteiger partial charge in [0.05, 0.1) is 20.8 Å². The number of barbiturate groups is 1. The molecule has 4 amide bonds. The first-order valence-corrected chi connectivity index (χ1v) is 8.32. The fourth-order valence-electron chi connectivity index (χ4n) is 2.77. The molecule has 0 aromatic heterocycles. The van der Waals surface area contributed by atoms with Crippen LogP contribution in [0.25, 0.3) is 6.08 Å². The normalized spacial score (nSPS) is 15.6. The summed E-state index contributed by atoms with van der Waals surface area (Å²) >= 11 is 0. The van der Waals surface area contributed by atoms with Crippen LogP contribution < -0.4 is 14.8 Å². The molecule has 0 radical (unpaired) electrons. The lowest BCUT2D eigenvalue weighted by atomic mass is 10.1. The third-order valence-corrected chi connectivity index (χ3v) is 4.18. The van der Waals surface area contributed by atoms with Crippen LogP contribution in [0.15, 0.2) is 48.0 Å².